The molecule has 1 rings (SSSR count). The van der Waals surface area contributed by atoms with Crippen molar-refractivity contribution in [1.29, 1.82) is 0 Å². The van der Waals surface area contributed by atoms with E-state index in [4.69, 9.17) is 4.74 Å². The van der Waals surface area contributed by atoms with Gasteiger partial charge in [0.25, 0.3) is 5.91 Å². The quantitative estimate of drug-likeness (QED) is 0.591. The molecule has 1 N–H and O–H groups in total. The molecule has 0 bridgehead atoms. The van der Waals surface area contributed by atoms with Gasteiger partial charge in [0, 0.05) is 12.3 Å². The van der Waals surface area contributed by atoms with Crippen LogP contribution < -0.4 is 5.32 Å². The molecule has 0 spiro atoms. The van der Waals surface area contributed by atoms with Crippen LogP contribution in [0, 0.1) is 0 Å². The Morgan fingerprint density at radius 2 is 1.94 bits per heavy atom. The molecular weight excluding hydrogens is 238 g/mol. The molecule has 0 saturated heterocycles. The number of hydrogen-bond donors (Lipinski definition) is 2. The normalized spacial score (nSPS) is 9.71. The fraction of sp³-hybridized carbons (Fsp3) is 0.333. The SMILES string of the molecule is O=C(COC(=O)CCS)NCc1ccccc1. The van der Waals surface area contributed by atoms with Crippen LogP contribution in [-0.4, -0.2) is 24.2 Å². The van der Waals surface area contributed by atoms with Gasteiger partial charge in [-0.15, -0.1) is 0 Å². The number of amides is 1. The molecular formula is C12H15NO3S. The molecule has 0 aliphatic carbocycles. The summed E-state index contributed by atoms with van der Waals surface area (Å²) in [7, 11) is 0. The second-order valence-corrected chi connectivity index (χ2v) is 3.84. The van der Waals surface area contributed by atoms with Crippen LogP contribution in [0.3, 0.4) is 0 Å². The summed E-state index contributed by atoms with van der Waals surface area (Å²) in [6.07, 6.45) is 0.217. The molecule has 0 unspecified atom stereocenters. The number of thiol groups is 1. The summed E-state index contributed by atoms with van der Waals surface area (Å²) in [5, 5.41) is 2.66. The molecule has 0 saturated carbocycles. The first-order chi connectivity index (χ1) is 8.22. The Hall–Kier alpha value is -1.49. The van der Waals surface area contributed by atoms with E-state index in [1.807, 2.05) is 30.3 Å². The number of benzene rings is 1. The Morgan fingerprint density at radius 3 is 2.59 bits per heavy atom. The van der Waals surface area contributed by atoms with Crippen LogP contribution in [0.2, 0.25) is 0 Å². The summed E-state index contributed by atoms with van der Waals surface area (Å²) in [6, 6.07) is 9.52. The average Bonchev–Trinajstić information content (AvgIpc) is 2.35. The number of ether oxygens (including phenoxy) is 1. The smallest absolute Gasteiger partial charge is 0.307 e. The van der Waals surface area contributed by atoms with Crippen molar-refractivity contribution in [2.45, 2.75) is 13.0 Å². The van der Waals surface area contributed by atoms with Gasteiger partial charge in [0.2, 0.25) is 0 Å². The molecule has 0 atom stereocenters. The van der Waals surface area contributed by atoms with E-state index in [-0.39, 0.29) is 18.9 Å². The van der Waals surface area contributed by atoms with Crippen LogP contribution in [0.1, 0.15) is 12.0 Å². The van der Waals surface area contributed by atoms with E-state index >= 15 is 0 Å². The van der Waals surface area contributed by atoms with Crippen molar-refractivity contribution in [2.75, 3.05) is 12.4 Å². The molecule has 1 aromatic rings. The van der Waals surface area contributed by atoms with Gasteiger partial charge in [-0.05, 0) is 5.56 Å². The van der Waals surface area contributed by atoms with E-state index in [1.165, 1.54) is 0 Å². The second kappa shape index (κ2) is 7.73. The zero-order valence-electron chi connectivity index (χ0n) is 9.39. The minimum absolute atomic E-state index is 0.217. The Kier molecular flexibility index (Phi) is 6.17. The van der Waals surface area contributed by atoms with Crippen molar-refractivity contribution in [3.05, 3.63) is 35.9 Å². The highest BCUT2D eigenvalue weighted by Crippen LogP contribution is 1.97. The Bertz CT molecular complexity index is 367. The summed E-state index contributed by atoms with van der Waals surface area (Å²) in [6.45, 7) is 0.198. The summed E-state index contributed by atoms with van der Waals surface area (Å²) in [5.41, 5.74) is 1.00. The summed E-state index contributed by atoms with van der Waals surface area (Å²) < 4.78 is 4.73. The van der Waals surface area contributed by atoms with Gasteiger partial charge in [-0.2, -0.15) is 12.6 Å². The minimum atomic E-state index is -0.408. The maximum absolute atomic E-state index is 11.3. The number of hydrogen-bond acceptors (Lipinski definition) is 4. The monoisotopic (exact) mass is 253 g/mol. The van der Waals surface area contributed by atoms with E-state index in [2.05, 4.69) is 17.9 Å². The molecule has 4 nitrogen and oxygen atoms in total. The molecule has 17 heavy (non-hydrogen) atoms. The third kappa shape index (κ3) is 5.97. The summed E-state index contributed by atoms with van der Waals surface area (Å²) in [4.78, 5) is 22.3. The lowest BCUT2D eigenvalue weighted by Crippen LogP contribution is -2.28. The zero-order valence-corrected chi connectivity index (χ0v) is 10.3. The van der Waals surface area contributed by atoms with Gasteiger partial charge in [0.15, 0.2) is 6.61 Å². The van der Waals surface area contributed by atoms with E-state index in [9.17, 15) is 9.59 Å². The maximum atomic E-state index is 11.3. The van der Waals surface area contributed by atoms with E-state index in [0.717, 1.165) is 5.56 Å². The molecule has 1 amide bonds. The van der Waals surface area contributed by atoms with Gasteiger partial charge < -0.3 is 10.1 Å². The van der Waals surface area contributed by atoms with Gasteiger partial charge in [-0.3, -0.25) is 9.59 Å². The van der Waals surface area contributed by atoms with Crippen LogP contribution in [0.15, 0.2) is 30.3 Å². The van der Waals surface area contributed by atoms with Crippen molar-refractivity contribution in [2.24, 2.45) is 0 Å². The number of rotatable bonds is 6. The standard InChI is InChI=1S/C12H15NO3S/c14-11(9-16-12(15)6-7-17)13-8-10-4-2-1-3-5-10/h1-5,17H,6-9H2,(H,13,14). The van der Waals surface area contributed by atoms with Gasteiger partial charge in [-0.1, -0.05) is 30.3 Å². The maximum Gasteiger partial charge on any atom is 0.307 e. The molecule has 0 aliphatic rings. The van der Waals surface area contributed by atoms with Crippen LogP contribution in [0.25, 0.3) is 0 Å². The average molecular weight is 253 g/mol. The first-order valence-corrected chi connectivity index (χ1v) is 5.92. The molecule has 0 heterocycles. The predicted molar refractivity (Wildman–Crippen MR) is 67.7 cm³/mol. The Labute approximate surface area is 106 Å². The Balaban J connectivity index is 2.20. The largest absolute Gasteiger partial charge is 0.456 e. The van der Waals surface area contributed by atoms with E-state index in [1.54, 1.807) is 0 Å². The van der Waals surface area contributed by atoms with Gasteiger partial charge >= 0.3 is 5.97 Å². The lowest BCUT2D eigenvalue weighted by atomic mass is 10.2. The number of carbonyl (C=O) groups excluding carboxylic acids is 2. The van der Waals surface area contributed by atoms with Crippen molar-refractivity contribution >= 4 is 24.5 Å². The molecule has 5 heteroatoms. The lowest BCUT2D eigenvalue weighted by molar-refractivity contribution is -0.148. The van der Waals surface area contributed by atoms with Crippen molar-refractivity contribution in [1.82, 2.24) is 5.32 Å². The van der Waals surface area contributed by atoms with E-state index in [0.29, 0.717) is 12.3 Å². The lowest BCUT2D eigenvalue weighted by Gasteiger charge is -2.06. The number of esters is 1. The van der Waals surface area contributed by atoms with Gasteiger partial charge in [0.05, 0.1) is 6.42 Å². The van der Waals surface area contributed by atoms with Crippen LogP contribution in [0.4, 0.5) is 0 Å². The third-order valence-electron chi connectivity index (χ3n) is 2.01. The fourth-order valence-electron chi connectivity index (χ4n) is 1.16. The predicted octanol–water partition coefficient (Wildman–Crippen LogP) is 1.17. The second-order valence-electron chi connectivity index (χ2n) is 3.40. The molecule has 0 aliphatic heterocycles. The number of carbonyl (C=O) groups is 2. The van der Waals surface area contributed by atoms with E-state index < -0.39 is 5.97 Å². The van der Waals surface area contributed by atoms with Gasteiger partial charge in [0.1, 0.15) is 0 Å². The molecule has 0 aromatic heterocycles. The first-order valence-electron chi connectivity index (χ1n) is 5.29. The molecule has 92 valence electrons. The van der Waals surface area contributed by atoms with Crippen molar-refractivity contribution in [3.8, 4) is 0 Å². The highest BCUT2D eigenvalue weighted by Gasteiger charge is 2.06. The topological polar surface area (TPSA) is 55.4 Å². The zero-order chi connectivity index (χ0) is 12.5. The van der Waals surface area contributed by atoms with Crippen LogP contribution in [0.5, 0.6) is 0 Å². The third-order valence-corrected chi connectivity index (χ3v) is 2.24. The minimum Gasteiger partial charge on any atom is -0.456 e. The summed E-state index contributed by atoms with van der Waals surface area (Å²) in [5.74, 6) is -0.291. The van der Waals surface area contributed by atoms with Crippen molar-refractivity contribution < 1.29 is 14.3 Å². The van der Waals surface area contributed by atoms with Crippen LogP contribution >= 0.6 is 12.6 Å². The van der Waals surface area contributed by atoms with Crippen LogP contribution in [-0.2, 0) is 20.9 Å². The van der Waals surface area contributed by atoms with Gasteiger partial charge in [-0.25, -0.2) is 0 Å². The first kappa shape index (κ1) is 13.6. The molecule has 0 radical (unpaired) electrons. The highest BCUT2D eigenvalue weighted by molar-refractivity contribution is 7.80. The number of nitrogens with one attached hydrogen (secondary N) is 1. The molecule has 0 fully saturated rings. The Morgan fingerprint density at radius 1 is 1.24 bits per heavy atom. The summed E-state index contributed by atoms with van der Waals surface area (Å²) >= 11 is 3.89. The molecule has 1 aromatic carbocycles. The fourth-order valence-corrected chi connectivity index (χ4v) is 1.34. The highest BCUT2D eigenvalue weighted by atomic mass is 32.1. The van der Waals surface area contributed by atoms with Crippen molar-refractivity contribution in [3.63, 3.8) is 0 Å².